The van der Waals surface area contributed by atoms with Crippen molar-refractivity contribution in [1.29, 1.82) is 0 Å². The minimum absolute atomic E-state index is 0.265. The van der Waals surface area contributed by atoms with Crippen LogP contribution in [0.4, 0.5) is 0 Å². The van der Waals surface area contributed by atoms with Gasteiger partial charge in [-0.05, 0) is 44.2 Å². The Labute approximate surface area is 99.2 Å². The first kappa shape index (κ1) is 12.9. The second kappa shape index (κ2) is 4.79. The predicted octanol–water partition coefficient (Wildman–Crippen LogP) is 2.42. The Morgan fingerprint density at radius 3 is 2.13 bits per heavy atom. The van der Waals surface area contributed by atoms with Gasteiger partial charge in [-0.25, -0.2) is 0 Å². The van der Waals surface area contributed by atoms with Gasteiger partial charge in [0.1, 0.15) is 0 Å². The maximum atomic E-state index is 5.68. The minimum Gasteiger partial charge on any atom is -0.392 e. The molecule has 0 aromatic rings. The Bertz CT molecular complexity index is 224. The van der Waals surface area contributed by atoms with Gasteiger partial charge in [0.15, 0.2) is 0 Å². The molecule has 1 unspecified atom stereocenters. The summed E-state index contributed by atoms with van der Waals surface area (Å²) in [6, 6.07) is 0.265. The zero-order valence-corrected chi connectivity index (χ0v) is 11.2. The normalized spacial score (nSPS) is 22.7. The van der Waals surface area contributed by atoms with Crippen molar-refractivity contribution in [3.8, 4) is 0 Å². The summed E-state index contributed by atoms with van der Waals surface area (Å²) in [4.78, 5) is 3.04. The van der Waals surface area contributed by atoms with Crippen LogP contribution >= 0.6 is 12.2 Å². The molecule has 1 heterocycles. The number of likely N-dealkylation sites (tertiary alicyclic amines) is 1. The van der Waals surface area contributed by atoms with E-state index in [1.165, 1.54) is 12.8 Å². The van der Waals surface area contributed by atoms with Crippen LogP contribution in [0.5, 0.6) is 0 Å². The van der Waals surface area contributed by atoms with Crippen molar-refractivity contribution in [2.75, 3.05) is 13.1 Å². The topological polar surface area (TPSA) is 29.3 Å². The van der Waals surface area contributed by atoms with E-state index in [9.17, 15) is 0 Å². The lowest BCUT2D eigenvalue weighted by Gasteiger charge is -2.40. The second-order valence-corrected chi connectivity index (χ2v) is 6.23. The van der Waals surface area contributed by atoms with Gasteiger partial charge < -0.3 is 5.73 Å². The SMILES string of the molecule is CC(C(N)=S)N1CCC(C(C)(C)C)CC1. The highest BCUT2D eigenvalue weighted by molar-refractivity contribution is 7.80. The summed E-state index contributed by atoms with van der Waals surface area (Å²) in [5.74, 6) is 0.840. The molecule has 0 amide bonds. The summed E-state index contributed by atoms with van der Waals surface area (Å²) in [6.07, 6.45) is 2.55. The Hall–Kier alpha value is -0.150. The average Bonchev–Trinajstić information content (AvgIpc) is 2.15. The third kappa shape index (κ3) is 3.42. The van der Waals surface area contributed by atoms with Gasteiger partial charge in [0.05, 0.1) is 11.0 Å². The molecule has 0 aromatic heterocycles. The first-order chi connectivity index (χ1) is 6.82. The van der Waals surface area contributed by atoms with Gasteiger partial charge in [0.25, 0.3) is 0 Å². The Balaban J connectivity index is 2.46. The van der Waals surface area contributed by atoms with Crippen molar-refractivity contribution in [3.63, 3.8) is 0 Å². The molecule has 1 aliphatic heterocycles. The molecule has 1 fully saturated rings. The standard InChI is InChI=1S/C12H24N2S/c1-9(11(13)15)14-7-5-10(6-8-14)12(2,3)4/h9-10H,5-8H2,1-4H3,(H2,13,15). The third-order valence-electron chi connectivity index (χ3n) is 3.71. The van der Waals surface area contributed by atoms with Gasteiger partial charge in [-0.15, -0.1) is 0 Å². The molecule has 2 N–H and O–H groups in total. The molecule has 0 aromatic carbocycles. The molecule has 1 aliphatic rings. The molecule has 0 spiro atoms. The van der Waals surface area contributed by atoms with E-state index in [0.29, 0.717) is 10.4 Å². The van der Waals surface area contributed by atoms with Gasteiger partial charge in [-0.2, -0.15) is 0 Å². The van der Waals surface area contributed by atoms with Crippen LogP contribution in [0.15, 0.2) is 0 Å². The maximum absolute atomic E-state index is 5.68. The van der Waals surface area contributed by atoms with Crippen LogP contribution in [0.3, 0.4) is 0 Å². The lowest BCUT2D eigenvalue weighted by Crippen LogP contribution is -2.47. The van der Waals surface area contributed by atoms with Gasteiger partial charge >= 0.3 is 0 Å². The van der Waals surface area contributed by atoms with Crippen LogP contribution in [0, 0.1) is 11.3 Å². The molecule has 1 saturated heterocycles. The number of hydrogen-bond acceptors (Lipinski definition) is 2. The Morgan fingerprint density at radius 1 is 1.33 bits per heavy atom. The molecular weight excluding hydrogens is 204 g/mol. The van der Waals surface area contributed by atoms with E-state index in [2.05, 4.69) is 32.6 Å². The second-order valence-electron chi connectivity index (χ2n) is 5.75. The summed E-state index contributed by atoms with van der Waals surface area (Å²) in [5, 5.41) is 0. The van der Waals surface area contributed by atoms with Crippen LogP contribution in [-0.2, 0) is 0 Å². The summed E-state index contributed by atoms with van der Waals surface area (Å²) >= 11 is 5.04. The molecule has 3 heteroatoms. The minimum atomic E-state index is 0.265. The molecule has 15 heavy (non-hydrogen) atoms. The van der Waals surface area contributed by atoms with Crippen molar-refractivity contribution in [3.05, 3.63) is 0 Å². The van der Waals surface area contributed by atoms with Crippen LogP contribution in [0.25, 0.3) is 0 Å². The monoisotopic (exact) mass is 228 g/mol. The zero-order valence-electron chi connectivity index (χ0n) is 10.4. The first-order valence-electron chi connectivity index (χ1n) is 5.85. The molecule has 1 atom stereocenters. The van der Waals surface area contributed by atoms with Crippen molar-refractivity contribution >= 4 is 17.2 Å². The molecule has 0 saturated carbocycles. The molecule has 0 aliphatic carbocycles. The lowest BCUT2D eigenvalue weighted by molar-refractivity contribution is 0.104. The van der Waals surface area contributed by atoms with E-state index < -0.39 is 0 Å². The number of nitrogens with two attached hydrogens (primary N) is 1. The fourth-order valence-electron chi connectivity index (χ4n) is 2.33. The largest absolute Gasteiger partial charge is 0.392 e. The van der Waals surface area contributed by atoms with E-state index in [1.807, 2.05) is 0 Å². The Kier molecular flexibility index (Phi) is 4.13. The fraction of sp³-hybridized carbons (Fsp3) is 0.917. The van der Waals surface area contributed by atoms with Crippen LogP contribution < -0.4 is 5.73 Å². The highest BCUT2D eigenvalue weighted by atomic mass is 32.1. The van der Waals surface area contributed by atoms with Gasteiger partial charge in [-0.3, -0.25) is 4.90 Å². The van der Waals surface area contributed by atoms with Crippen molar-refractivity contribution in [2.24, 2.45) is 17.1 Å². The smallest absolute Gasteiger partial charge is 0.0899 e. The first-order valence-corrected chi connectivity index (χ1v) is 6.26. The Morgan fingerprint density at radius 2 is 1.80 bits per heavy atom. The van der Waals surface area contributed by atoms with E-state index in [4.69, 9.17) is 18.0 Å². The van der Waals surface area contributed by atoms with Crippen molar-refractivity contribution < 1.29 is 0 Å². The maximum Gasteiger partial charge on any atom is 0.0899 e. The van der Waals surface area contributed by atoms with E-state index >= 15 is 0 Å². The summed E-state index contributed by atoms with van der Waals surface area (Å²) in [7, 11) is 0. The number of rotatable bonds is 2. The molecule has 1 rings (SSSR count). The number of hydrogen-bond donors (Lipinski definition) is 1. The van der Waals surface area contributed by atoms with Crippen LogP contribution in [-0.4, -0.2) is 29.0 Å². The molecule has 88 valence electrons. The zero-order chi connectivity index (χ0) is 11.6. The number of thiocarbonyl (C=S) groups is 1. The van der Waals surface area contributed by atoms with Gasteiger partial charge in [0.2, 0.25) is 0 Å². The van der Waals surface area contributed by atoms with Gasteiger partial charge in [-0.1, -0.05) is 33.0 Å². The summed E-state index contributed by atoms with van der Waals surface area (Å²) in [5.41, 5.74) is 6.12. The van der Waals surface area contributed by atoms with E-state index in [0.717, 1.165) is 19.0 Å². The number of piperidine rings is 1. The average molecular weight is 228 g/mol. The number of nitrogens with zero attached hydrogens (tertiary/aromatic N) is 1. The highest BCUT2D eigenvalue weighted by Crippen LogP contribution is 2.34. The molecule has 2 nitrogen and oxygen atoms in total. The van der Waals surface area contributed by atoms with E-state index in [1.54, 1.807) is 0 Å². The quantitative estimate of drug-likeness (QED) is 0.736. The highest BCUT2D eigenvalue weighted by Gasteiger charge is 2.30. The molecule has 0 bridgehead atoms. The van der Waals surface area contributed by atoms with Crippen molar-refractivity contribution in [2.45, 2.75) is 46.6 Å². The summed E-state index contributed by atoms with van der Waals surface area (Å²) < 4.78 is 0. The summed E-state index contributed by atoms with van der Waals surface area (Å²) in [6.45, 7) is 11.4. The van der Waals surface area contributed by atoms with Crippen LogP contribution in [0.2, 0.25) is 0 Å². The molecular formula is C12H24N2S. The van der Waals surface area contributed by atoms with Crippen molar-refractivity contribution in [1.82, 2.24) is 4.90 Å². The van der Waals surface area contributed by atoms with Gasteiger partial charge in [0, 0.05) is 0 Å². The fourth-order valence-corrected chi connectivity index (χ4v) is 2.48. The van der Waals surface area contributed by atoms with E-state index in [-0.39, 0.29) is 6.04 Å². The van der Waals surface area contributed by atoms with Crippen LogP contribution in [0.1, 0.15) is 40.5 Å². The predicted molar refractivity (Wildman–Crippen MR) is 70.0 cm³/mol. The molecule has 0 radical (unpaired) electrons. The lowest BCUT2D eigenvalue weighted by atomic mass is 9.75. The third-order valence-corrected chi connectivity index (χ3v) is 4.05.